The Labute approximate surface area is 194 Å². The summed E-state index contributed by atoms with van der Waals surface area (Å²) in [4.78, 5) is 42.9. The standard InChI is InChI=1S/C23H34N6O2S/c1-4-7-24-19(30)14-27-10-12-29(13-11-27)23(31)18-5-8-28(9-6-18)21-20-16(2)17(3)32-22(20)26-15-25-21/h15,18H,4-14H2,1-3H3,(H,24,30). The van der Waals surface area contributed by atoms with Gasteiger partial charge in [0, 0.05) is 56.6 Å². The van der Waals surface area contributed by atoms with Crippen LogP contribution >= 0.6 is 11.3 Å². The van der Waals surface area contributed by atoms with Crippen molar-refractivity contribution in [1.29, 1.82) is 0 Å². The molecule has 2 aliphatic heterocycles. The molecule has 8 nitrogen and oxygen atoms in total. The van der Waals surface area contributed by atoms with Gasteiger partial charge in [0.25, 0.3) is 0 Å². The van der Waals surface area contributed by atoms with E-state index in [2.05, 4.69) is 38.9 Å². The lowest BCUT2D eigenvalue weighted by molar-refractivity contribution is -0.138. The van der Waals surface area contributed by atoms with Gasteiger partial charge in [0.05, 0.1) is 11.9 Å². The van der Waals surface area contributed by atoms with E-state index in [1.54, 1.807) is 17.7 Å². The second kappa shape index (κ2) is 10.1. The van der Waals surface area contributed by atoms with Crippen molar-refractivity contribution in [2.75, 3.05) is 57.3 Å². The van der Waals surface area contributed by atoms with E-state index in [1.807, 2.05) is 11.8 Å². The molecule has 9 heteroatoms. The summed E-state index contributed by atoms with van der Waals surface area (Å²) in [6.07, 6.45) is 4.31. The Morgan fingerprint density at radius 3 is 2.50 bits per heavy atom. The molecular formula is C23H34N6O2S. The molecule has 2 aromatic rings. The van der Waals surface area contributed by atoms with Crippen LogP contribution in [0.15, 0.2) is 6.33 Å². The summed E-state index contributed by atoms with van der Waals surface area (Å²) in [6.45, 7) is 12.1. The van der Waals surface area contributed by atoms with Crippen molar-refractivity contribution < 1.29 is 9.59 Å². The van der Waals surface area contributed by atoms with Gasteiger partial charge in [-0.2, -0.15) is 0 Å². The minimum absolute atomic E-state index is 0.0771. The quantitative estimate of drug-likeness (QED) is 0.715. The molecule has 0 radical (unpaired) electrons. The summed E-state index contributed by atoms with van der Waals surface area (Å²) in [6, 6.07) is 0. The molecule has 0 spiro atoms. The maximum atomic E-state index is 13.1. The predicted octanol–water partition coefficient (Wildman–Crippen LogP) is 2.19. The third-order valence-corrected chi connectivity index (χ3v) is 7.83. The summed E-state index contributed by atoms with van der Waals surface area (Å²) >= 11 is 1.72. The van der Waals surface area contributed by atoms with Gasteiger partial charge in [0.15, 0.2) is 0 Å². The molecule has 0 unspecified atom stereocenters. The van der Waals surface area contributed by atoms with Crippen LogP contribution in [0.2, 0.25) is 0 Å². The number of aryl methyl sites for hydroxylation is 2. The van der Waals surface area contributed by atoms with Gasteiger partial charge in [-0.25, -0.2) is 9.97 Å². The fourth-order valence-corrected chi connectivity index (χ4v) is 5.64. The molecule has 1 N–H and O–H groups in total. The molecule has 0 aliphatic carbocycles. The van der Waals surface area contributed by atoms with E-state index in [0.717, 1.165) is 62.6 Å². The number of nitrogens with zero attached hydrogens (tertiary/aromatic N) is 5. The Kier molecular flexibility index (Phi) is 7.25. The van der Waals surface area contributed by atoms with Crippen molar-refractivity contribution in [2.24, 2.45) is 5.92 Å². The molecule has 4 rings (SSSR count). The van der Waals surface area contributed by atoms with E-state index >= 15 is 0 Å². The Hall–Kier alpha value is -2.26. The van der Waals surface area contributed by atoms with E-state index < -0.39 is 0 Å². The number of anilines is 1. The van der Waals surface area contributed by atoms with Crippen LogP contribution in [-0.2, 0) is 9.59 Å². The lowest BCUT2D eigenvalue weighted by atomic mass is 9.94. The Morgan fingerprint density at radius 1 is 1.09 bits per heavy atom. The summed E-state index contributed by atoms with van der Waals surface area (Å²) < 4.78 is 0. The first kappa shape index (κ1) is 22.9. The SMILES string of the molecule is CCCNC(=O)CN1CCN(C(=O)C2CCN(c3ncnc4sc(C)c(C)c34)CC2)CC1. The lowest BCUT2D eigenvalue weighted by Gasteiger charge is -2.38. The number of piperazine rings is 1. The molecule has 2 amide bonds. The van der Waals surface area contributed by atoms with E-state index in [9.17, 15) is 9.59 Å². The van der Waals surface area contributed by atoms with Gasteiger partial charge < -0.3 is 15.1 Å². The highest BCUT2D eigenvalue weighted by molar-refractivity contribution is 7.18. The Bertz CT molecular complexity index is 961. The summed E-state index contributed by atoms with van der Waals surface area (Å²) in [5.74, 6) is 1.44. The van der Waals surface area contributed by atoms with E-state index in [0.29, 0.717) is 19.6 Å². The summed E-state index contributed by atoms with van der Waals surface area (Å²) in [5, 5.41) is 4.09. The van der Waals surface area contributed by atoms with Crippen LogP contribution in [-0.4, -0.2) is 83.9 Å². The predicted molar refractivity (Wildman–Crippen MR) is 128 cm³/mol. The molecule has 0 atom stereocenters. The second-order valence-electron chi connectivity index (χ2n) is 8.87. The van der Waals surface area contributed by atoms with Crippen molar-refractivity contribution in [3.63, 3.8) is 0 Å². The van der Waals surface area contributed by atoms with Crippen molar-refractivity contribution >= 4 is 39.2 Å². The van der Waals surface area contributed by atoms with E-state index in [-0.39, 0.29) is 17.7 Å². The van der Waals surface area contributed by atoms with Crippen LogP contribution in [0, 0.1) is 19.8 Å². The molecule has 4 heterocycles. The van der Waals surface area contributed by atoms with Crippen LogP contribution in [0.4, 0.5) is 5.82 Å². The van der Waals surface area contributed by atoms with Crippen LogP contribution < -0.4 is 10.2 Å². The first-order valence-electron chi connectivity index (χ1n) is 11.7. The van der Waals surface area contributed by atoms with Gasteiger partial charge in [-0.15, -0.1) is 11.3 Å². The second-order valence-corrected chi connectivity index (χ2v) is 10.1. The van der Waals surface area contributed by atoms with Gasteiger partial charge in [0.1, 0.15) is 17.0 Å². The number of rotatable bonds is 6. The third kappa shape index (κ3) is 4.88. The number of hydrogen-bond acceptors (Lipinski definition) is 7. The zero-order chi connectivity index (χ0) is 22.7. The first-order chi connectivity index (χ1) is 15.5. The fraction of sp³-hybridized carbons (Fsp3) is 0.652. The number of aromatic nitrogens is 2. The largest absolute Gasteiger partial charge is 0.356 e. The van der Waals surface area contributed by atoms with Gasteiger partial charge in [-0.05, 0) is 38.7 Å². The molecule has 0 bridgehead atoms. The van der Waals surface area contributed by atoms with Gasteiger partial charge >= 0.3 is 0 Å². The molecule has 2 fully saturated rings. The van der Waals surface area contributed by atoms with Crippen molar-refractivity contribution in [1.82, 2.24) is 25.1 Å². The highest BCUT2D eigenvalue weighted by Gasteiger charge is 2.31. The zero-order valence-corrected chi connectivity index (χ0v) is 20.2. The van der Waals surface area contributed by atoms with Gasteiger partial charge in [-0.3, -0.25) is 14.5 Å². The maximum Gasteiger partial charge on any atom is 0.234 e. The number of carbonyl (C=O) groups is 2. The Balaban J connectivity index is 1.29. The molecule has 32 heavy (non-hydrogen) atoms. The molecule has 0 aromatic carbocycles. The number of hydrogen-bond donors (Lipinski definition) is 1. The highest BCUT2D eigenvalue weighted by atomic mass is 32.1. The summed E-state index contributed by atoms with van der Waals surface area (Å²) in [7, 11) is 0. The monoisotopic (exact) mass is 458 g/mol. The molecule has 2 saturated heterocycles. The zero-order valence-electron chi connectivity index (χ0n) is 19.4. The molecule has 2 aliphatic rings. The van der Waals surface area contributed by atoms with Gasteiger partial charge in [0.2, 0.25) is 11.8 Å². The highest BCUT2D eigenvalue weighted by Crippen LogP contribution is 2.35. The minimum atomic E-state index is 0.0771. The van der Waals surface area contributed by atoms with Crippen LogP contribution in [0.1, 0.15) is 36.6 Å². The number of thiophene rings is 1. The molecule has 174 valence electrons. The number of amides is 2. The fourth-order valence-electron chi connectivity index (χ4n) is 4.65. The summed E-state index contributed by atoms with van der Waals surface area (Å²) in [5.41, 5.74) is 1.26. The Morgan fingerprint density at radius 2 is 1.81 bits per heavy atom. The average molecular weight is 459 g/mol. The van der Waals surface area contributed by atoms with Crippen LogP contribution in [0.5, 0.6) is 0 Å². The third-order valence-electron chi connectivity index (χ3n) is 6.71. The van der Waals surface area contributed by atoms with Crippen molar-refractivity contribution in [3.05, 3.63) is 16.8 Å². The van der Waals surface area contributed by atoms with Crippen LogP contribution in [0.25, 0.3) is 10.2 Å². The first-order valence-corrected chi connectivity index (χ1v) is 12.5. The maximum absolute atomic E-state index is 13.1. The van der Waals surface area contributed by atoms with Gasteiger partial charge in [-0.1, -0.05) is 6.92 Å². The van der Waals surface area contributed by atoms with Crippen molar-refractivity contribution in [2.45, 2.75) is 40.0 Å². The average Bonchev–Trinajstić information content (AvgIpc) is 3.11. The topological polar surface area (TPSA) is 81.7 Å². The van der Waals surface area contributed by atoms with Crippen molar-refractivity contribution in [3.8, 4) is 0 Å². The number of piperidine rings is 1. The number of nitrogens with one attached hydrogen (secondary N) is 1. The lowest BCUT2D eigenvalue weighted by Crippen LogP contribution is -2.53. The van der Waals surface area contributed by atoms with Crippen LogP contribution in [0.3, 0.4) is 0 Å². The minimum Gasteiger partial charge on any atom is -0.356 e. The normalized spacial score (nSPS) is 18.3. The van der Waals surface area contributed by atoms with E-state index in [4.69, 9.17) is 0 Å². The number of fused-ring (bicyclic) bond motifs is 1. The smallest absolute Gasteiger partial charge is 0.234 e. The van der Waals surface area contributed by atoms with E-state index in [1.165, 1.54) is 15.8 Å². The number of carbonyl (C=O) groups excluding carboxylic acids is 2. The molecular weight excluding hydrogens is 424 g/mol. The molecule has 0 saturated carbocycles. The molecule has 2 aromatic heterocycles.